The van der Waals surface area contributed by atoms with Gasteiger partial charge in [-0.3, -0.25) is 0 Å². The molecule has 0 unspecified atom stereocenters. The minimum atomic E-state index is -0.574. The fraction of sp³-hybridized carbons (Fsp3) is 0.0909. The fourth-order valence-electron chi connectivity index (χ4n) is 1.31. The molecule has 0 aliphatic carbocycles. The standard InChI is InChI=1S/C11H7BrClF2N3/c1-5-2-7(15)8(3-6(5)14)18-11-9(12)10(13)16-4-17-11/h2-4H,1H3,(H,16,17,18). The Balaban J connectivity index is 2.40. The van der Waals surface area contributed by atoms with E-state index in [1.165, 1.54) is 13.3 Å². The van der Waals surface area contributed by atoms with Gasteiger partial charge in [0.1, 0.15) is 28.9 Å². The maximum atomic E-state index is 13.6. The molecule has 0 aliphatic rings. The summed E-state index contributed by atoms with van der Waals surface area (Å²) in [6, 6.07) is 2.17. The van der Waals surface area contributed by atoms with E-state index in [1.54, 1.807) is 0 Å². The van der Waals surface area contributed by atoms with Crippen molar-refractivity contribution in [2.45, 2.75) is 6.92 Å². The van der Waals surface area contributed by atoms with Crippen LogP contribution in [0.15, 0.2) is 22.9 Å². The van der Waals surface area contributed by atoms with Crippen molar-refractivity contribution in [2.24, 2.45) is 0 Å². The van der Waals surface area contributed by atoms with Crippen LogP contribution >= 0.6 is 27.5 Å². The molecule has 2 rings (SSSR count). The van der Waals surface area contributed by atoms with E-state index in [9.17, 15) is 8.78 Å². The highest BCUT2D eigenvalue weighted by Gasteiger charge is 2.11. The summed E-state index contributed by atoms with van der Waals surface area (Å²) >= 11 is 8.93. The maximum Gasteiger partial charge on any atom is 0.149 e. The van der Waals surface area contributed by atoms with E-state index < -0.39 is 11.6 Å². The average molecular weight is 335 g/mol. The van der Waals surface area contributed by atoms with Gasteiger partial charge < -0.3 is 5.32 Å². The van der Waals surface area contributed by atoms with Gasteiger partial charge in [-0.2, -0.15) is 0 Å². The van der Waals surface area contributed by atoms with E-state index in [0.717, 1.165) is 12.1 Å². The Morgan fingerprint density at radius 1 is 1.22 bits per heavy atom. The fourth-order valence-corrected chi connectivity index (χ4v) is 1.74. The maximum absolute atomic E-state index is 13.6. The van der Waals surface area contributed by atoms with Crippen molar-refractivity contribution in [1.29, 1.82) is 0 Å². The third-order valence-electron chi connectivity index (χ3n) is 2.25. The van der Waals surface area contributed by atoms with Crippen LogP contribution in [0.3, 0.4) is 0 Å². The van der Waals surface area contributed by atoms with Crippen molar-refractivity contribution >= 4 is 39.0 Å². The molecule has 0 radical (unpaired) electrons. The van der Waals surface area contributed by atoms with Crippen molar-refractivity contribution in [1.82, 2.24) is 9.97 Å². The molecule has 0 saturated carbocycles. The van der Waals surface area contributed by atoms with Crippen molar-refractivity contribution in [2.75, 3.05) is 5.32 Å². The van der Waals surface area contributed by atoms with Gasteiger partial charge in [-0.1, -0.05) is 11.6 Å². The van der Waals surface area contributed by atoms with Gasteiger partial charge in [-0.05, 0) is 34.5 Å². The smallest absolute Gasteiger partial charge is 0.149 e. The number of anilines is 2. The van der Waals surface area contributed by atoms with Crippen LogP contribution in [0.4, 0.5) is 20.3 Å². The summed E-state index contributed by atoms with van der Waals surface area (Å²) in [6.07, 6.45) is 1.22. The molecule has 1 heterocycles. The number of aromatic nitrogens is 2. The van der Waals surface area contributed by atoms with Crippen molar-refractivity contribution in [3.05, 3.63) is 45.3 Å². The van der Waals surface area contributed by atoms with Crippen molar-refractivity contribution in [3.63, 3.8) is 0 Å². The first-order valence-corrected chi connectivity index (χ1v) is 6.05. The van der Waals surface area contributed by atoms with Gasteiger partial charge in [0, 0.05) is 6.07 Å². The molecule has 94 valence electrons. The molecule has 0 bridgehead atoms. The first-order chi connectivity index (χ1) is 8.49. The number of nitrogens with zero attached hydrogens (tertiary/aromatic N) is 2. The Morgan fingerprint density at radius 2 is 1.94 bits per heavy atom. The van der Waals surface area contributed by atoms with Crippen LogP contribution in [0.1, 0.15) is 5.56 Å². The predicted octanol–water partition coefficient (Wildman–Crippen LogP) is 4.22. The predicted molar refractivity (Wildman–Crippen MR) is 69.1 cm³/mol. The summed E-state index contributed by atoms with van der Waals surface area (Å²) in [4.78, 5) is 7.62. The SMILES string of the molecule is Cc1cc(F)c(Nc2ncnc(Cl)c2Br)cc1F. The zero-order valence-electron chi connectivity index (χ0n) is 9.14. The van der Waals surface area contributed by atoms with Gasteiger partial charge in [0.2, 0.25) is 0 Å². The largest absolute Gasteiger partial charge is 0.337 e. The highest BCUT2D eigenvalue weighted by atomic mass is 79.9. The molecule has 0 atom stereocenters. The molecule has 0 saturated heterocycles. The quantitative estimate of drug-likeness (QED) is 0.836. The van der Waals surface area contributed by atoms with Gasteiger partial charge in [0.15, 0.2) is 0 Å². The second-order valence-electron chi connectivity index (χ2n) is 3.53. The number of hydrogen-bond acceptors (Lipinski definition) is 3. The molecule has 7 heteroatoms. The normalized spacial score (nSPS) is 10.5. The Kier molecular flexibility index (Phi) is 3.77. The third kappa shape index (κ3) is 2.59. The molecule has 1 N–H and O–H groups in total. The summed E-state index contributed by atoms with van der Waals surface area (Å²) in [5.41, 5.74) is 0.214. The van der Waals surface area contributed by atoms with E-state index in [2.05, 4.69) is 31.2 Å². The zero-order valence-corrected chi connectivity index (χ0v) is 11.5. The third-order valence-corrected chi connectivity index (χ3v) is 3.51. The summed E-state index contributed by atoms with van der Waals surface area (Å²) < 4.78 is 27.4. The number of benzene rings is 1. The summed E-state index contributed by atoms with van der Waals surface area (Å²) in [7, 11) is 0. The Labute approximate surface area is 115 Å². The van der Waals surface area contributed by atoms with Crippen LogP contribution in [0.5, 0.6) is 0 Å². The summed E-state index contributed by atoms with van der Waals surface area (Å²) in [6.45, 7) is 1.49. The Bertz CT molecular complexity index is 607. The van der Waals surface area contributed by atoms with Crippen LogP contribution in [-0.2, 0) is 0 Å². The van der Waals surface area contributed by atoms with Crippen LogP contribution in [-0.4, -0.2) is 9.97 Å². The topological polar surface area (TPSA) is 37.8 Å². The number of aryl methyl sites for hydroxylation is 1. The molecule has 3 nitrogen and oxygen atoms in total. The Morgan fingerprint density at radius 3 is 2.67 bits per heavy atom. The monoisotopic (exact) mass is 333 g/mol. The molecule has 1 aromatic carbocycles. The van der Waals surface area contributed by atoms with E-state index in [0.29, 0.717) is 4.47 Å². The molecule has 0 amide bonds. The first kappa shape index (κ1) is 13.2. The molecule has 0 aliphatic heterocycles. The lowest BCUT2D eigenvalue weighted by Crippen LogP contribution is -2.00. The molecular weight excluding hydrogens is 327 g/mol. The minimum Gasteiger partial charge on any atom is -0.337 e. The number of nitrogens with one attached hydrogen (secondary N) is 1. The average Bonchev–Trinajstić information content (AvgIpc) is 2.32. The van der Waals surface area contributed by atoms with E-state index in [4.69, 9.17) is 11.6 Å². The van der Waals surface area contributed by atoms with E-state index >= 15 is 0 Å². The lowest BCUT2D eigenvalue weighted by molar-refractivity contribution is 0.595. The van der Waals surface area contributed by atoms with Crippen molar-refractivity contribution < 1.29 is 8.78 Å². The lowest BCUT2D eigenvalue weighted by atomic mass is 10.2. The van der Waals surface area contributed by atoms with Crippen LogP contribution < -0.4 is 5.32 Å². The van der Waals surface area contributed by atoms with Crippen LogP contribution in [0, 0.1) is 18.6 Å². The molecular formula is C11H7BrClF2N3. The van der Waals surface area contributed by atoms with E-state index in [1.807, 2.05) is 0 Å². The highest BCUT2D eigenvalue weighted by molar-refractivity contribution is 9.10. The highest BCUT2D eigenvalue weighted by Crippen LogP contribution is 2.30. The van der Waals surface area contributed by atoms with Gasteiger partial charge >= 0.3 is 0 Å². The summed E-state index contributed by atoms with van der Waals surface area (Å²) in [5.74, 6) is -0.817. The second-order valence-corrected chi connectivity index (χ2v) is 4.68. The van der Waals surface area contributed by atoms with Gasteiger partial charge in [0.25, 0.3) is 0 Å². The molecule has 18 heavy (non-hydrogen) atoms. The molecule has 2 aromatic rings. The second kappa shape index (κ2) is 5.16. The van der Waals surface area contributed by atoms with Gasteiger partial charge in [0.05, 0.1) is 10.2 Å². The molecule has 0 spiro atoms. The minimum absolute atomic E-state index is 0.0198. The number of hydrogen-bond donors (Lipinski definition) is 1. The Hall–Kier alpha value is -1.27. The first-order valence-electron chi connectivity index (χ1n) is 4.87. The zero-order chi connectivity index (χ0) is 13.3. The lowest BCUT2D eigenvalue weighted by Gasteiger charge is -2.09. The number of rotatable bonds is 2. The molecule has 0 fully saturated rings. The van der Waals surface area contributed by atoms with Crippen LogP contribution in [0.2, 0.25) is 5.15 Å². The van der Waals surface area contributed by atoms with Gasteiger partial charge in [-0.15, -0.1) is 0 Å². The van der Waals surface area contributed by atoms with Crippen molar-refractivity contribution in [3.8, 4) is 0 Å². The molecule has 1 aromatic heterocycles. The summed E-state index contributed by atoms with van der Waals surface area (Å²) in [5, 5.41) is 2.83. The van der Waals surface area contributed by atoms with Gasteiger partial charge in [-0.25, -0.2) is 18.7 Å². The number of halogens is 4. The van der Waals surface area contributed by atoms with E-state index in [-0.39, 0.29) is 22.2 Å². The van der Waals surface area contributed by atoms with Crippen LogP contribution in [0.25, 0.3) is 0 Å².